The fraction of sp³-hybridized carbons (Fsp3) is 0.938. The second kappa shape index (κ2) is 7.28. The maximum absolute atomic E-state index is 12.6. The molecule has 0 aromatic heterocycles. The third kappa shape index (κ3) is 3.71. The van der Waals surface area contributed by atoms with Crippen LogP contribution in [0.2, 0.25) is 0 Å². The van der Waals surface area contributed by atoms with Crippen molar-refractivity contribution in [2.24, 2.45) is 11.8 Å². The van der Waals surface area contributed by atoms with Gasteiger partial charge < -0.3 is 10.2 Å². The standard InChI is InChI=1S/C16H30N2O/c1-3-13(2)16(19)18-12-6-4-5-7-15(18)14-8-10-17-11-9-14/h13-15,17H,3-12H2,1-2H3. The van der Waals surface area contributed by atoms with Crippen molar-refractivity contribution in [2.75, 3.05) is 19.6 Å². The third-order valence-electron chi connectivity index (χ3n) is 5.04. The number of hydrogen-bond acceptors (Lipinski definition) is 2. The monoisotopic (exact) mass is 266 g/mol. The Morgan fingerprint density at radius 3 is 2.63 bits per heavy atom. The number of likely N-dealkylation sites (tertiary alicyclic amines) is 1. The van der Waals surface area contributed by atoms with Crippen molar-refractivity contribution in [1.29, 1.82) is 0 Å². The minimum Gasteiger partial charge on any atom is -0.339 e. The number of nitrogens with one attached hydrogen (secondary N) is 1. The summed E-state index contributed by atoms with van der Waals surface area (Å²) < 4.78 is 0. The first kappa shape index (κ1) is 14.8. The van der Waals surface area contributed by atoms with Crippen LogP contribution >= 0.6 is 0 Å². The van der Waals surface area contributed by atoms with Gasteiger partial charge in [0.2, 0.25) is 5.91 Å². The SMILES string of the molecule is CCC(C)C(=O)N1CCCCCC1C1CCNCC1. The van der Waals surface area contributed by atoms with Gasteiger partial charge in [0.05, 0.1) is 0 Å². The number of piperidine rings is 1. The van der Waals surface area contributed by atoms with E-state index in [1.54, 1.807) is 0 Å². The molecule has 110 valence electrons. The molecular weight excluding hydrogens is 236 g/mol. The van der Waals surface area contributed by atoms with Gasteiger partial charge in [-0.25, -0.2) is 0 Å². The zero-order valence-electron chi connectivity index (χ0n) is 12.7. The van der Waals surface area contributed by atoms with Crippen LogP contribution in [-0.2, 0) is 4.79 Å². The lowest BCUT2D eigenvalue weighted by Crippen LogP contribution is -2.48. The maximum atomic E-state index is 12.6. The van der Waals surface area contributed by atoms with E-state index in [1.807, 2.05) is 0 Å². The number of nitrogens with zero attached hydrogens (tertiary/aromatic N) is 1. The van der Waals surface area contributed by atoms with Crippen LogP contribution in [0.25, 0.3) is 0 Å². The average molecular weight is 266 g/mol. The Morgan fingerprint density at radius 2 is 1.95 bits per heavy atom. The van der Waals surface area contributed by atoms with Crippen LogP contribution in [0.1, 0.15) is 58.8 Å². The molecular formula is C16H30N2O. The minimum atomic E-state index is 0.197. The minimum absolute atomic E-state index is 0.197. The Kier molecular flexibility index (Phi) is 5.68. The van der Waals surface area contributed by atoms with Crippen LogP contribution in [0.4, 0.5) is 0 Å². The van der Waals surface area contributed by atoms with Crippen molar-refractivity contribution in [1.82, 2.24) is 10.2 Å². The Balaban J connectivity index is 2.07. The van der Waals surface area contributed by atoms with E-state index in [0.29, 0.717) is 11.9 Å². The Morgan fingerprint density at radius 1 is 1.21 bits per heavy atom. The molecule has 2 aliphatic heterocycles. The highest BCUT2D eigenvalue weighted by Gasteiger charge is 2.33. The van der Waals surface area contributed by atoms with Crippen molar-refractivity contribution < 1.29 is 4.79 Å². The summed E-state index contributed by atoms with van der Waals surface area (Å²) in [7, 11) is 0. The predicted molar refractivity (Wildman–Crippen MR) is 79.0 cm³/mol. The van der Waals surface area contributed by atoms with Crippen LogP contribution < -0.4 is 5.32 Å². The largest absolute Gasteiger partial charge is 0.339 e. The van der Waals surface area contributed by atoms with Gasteiger partial charge in [0.25, 0.3) is 0 Å². The highest BCUT2D eigenvalue weighted by atomic mass is 16.2. The summed E-state index contributed by atoms with van der Waals surface area (Å²) in [4.78, 5) is 14.9. The van der Waals surface area contributed by atoms with Crippen molar-refractivity contribution in [3.8, 4) is 0 Å². The predicted octanol–water partition coefficient (Wildman–Crippen LogP) is 2.80. The molecule has 0 aliphatic carbocycles. The first-order valence-corrected chi connectivity index (χ1v) is 8.25. The number of amides is 1. The summed E-state index contributed by atoms with van der Waals surface area (Å²) in [5.74, 6) is 1.34. The highest BCUT2D eigenvalue weighted by Crippen LogP contribution is 2.29. The lowest BCUT2D eigenvalue weighted by atomic mass is 9.86. The molecule has 3 nitrogen and oxygen atoms in total. The fourth-order valence-electron chi connectivity index (χ4n) is 3.58. The zero-order chi connectivity index (χ0) is 13.7. The van der Waals surface area contributed by atoms with E-state index in [-0.39, 0.29) is 5.92 Å². The second-order valence-electron chi connectivity index (χ2n) is 6.35. The van der Waals surface area contributed by atoms with E-state index in [1.165, 1.54) is 38.5 Å². The van der Waals surface area contributed by atoms with Gasteiger partial charge in [-0.1, -0.05) is 26.7 Å². The van der Waals surface area contributed by atoms with Gasteiger partial charge in [-0.3, -0.25) is 4.79 Å². The summed E-state index contributed by atoms with van der Waals surface area (Å²) in [5, 5.41) is 3.44. The van der Waals surface area contributed by atoms with Gasteiger partial charge in [0.1, 0.15) is 0 Å². The van der Waals surface area contributed by atoms with Crippen molar-refractivity contribution in [3.63, 3.8) is 0 Å². The molecule has 2 saturated heterocycles. The van der Waals surface area contributed by atoms with Crippen molar-refractivity contribution >= 4 is 5.91 Å². The molecule has 2 unspecified atom stereocenters. The summed E-state index contributed by atoms with van der Waals surface area (Å²) in [5.41, 5.74) is 0. The summed E-state index contributed by atoms with van der Waals surface area (Å²) >= 11 is 0. The lowest BCUT2D eigenvalue weighted by molar-refractivity contribution is -0.138. The molecule has 2 heterocycles. The van der Waals surface area contributed by atoms with Gasteiger partial charge >= 0.3 is 0 Å². The van der Waals surface area contributed by atoms with E-state index in [2.05, 4.69) is 24.1 Å². The molecule has 0 radical (unpaired) electrons. The Labute approximate surface area is 118 Å². The highest BCUT2D eigenvalue weighted by molar-refractivity contribution is 5.78. The molecule has 2 atom stereocenters. The normalized spacial score (nSPS) is 27.9. The number of rotatable bonds is 3. The van der Waals surface area contributed by atoms with Gasteiger partial charge in [0.15, 0.2) is 0 Å². The first-order valence-electron chi connectivity index (χ1n) is 8.25. The molecule has 1 amide bonds. The Bertz CT molecular complexity index is 286. The van der Waals surface area contributed by atoms with Crippen LogP contribution in [0.3, 0.4) is 0 Å². The topological polar surface area (TPSA) is 32.3 Å². The van der Waals surface area contributed by atoms with E-state index in [0.717, 1.165) is 32.0 Å². The van der Waals surface area contributed by atoms with E-state index >= 15 is 0 Å². The van der Waals surface area contributed by atoms with E-state index in [4.69, 9.17) is 0 Å². The number of hydrogen-bond donors (Lipinski definition) is 1. The molecule has 2 aliphatic rings. The smallest absolute Gasteiger partial charge is 0.225 e. The average Bonchev–Trinajstić information content (AvgIpc) is 2.72. The molecule has 2 fully saturated rings. The van der Waals surface area contributed by atoms with Crippen molar-refractivity contribution in [2.45, 2.75) is 64.8 Å². The molecule has 0 bridgehead atoms. The number of carbonyl (C=O) groups is 1. The second-order valence-corrected chi connectivity index (χ2v) is 6.35. The van der Waals surface area contributed by atoms with E-state index < -0.39 is 0 Å². The van der Waals surface area contributed by atoms with Crippen LogP contribution in [0.15, 0.2) is 0 Å². The van der Waals surface area contributed by atoms with Gasteiger partial charge in [0, 0.05) is 18.5 Å². The van der Waals surface area contributed by atoms with Crippen molar-refractivity contribution in [3.05, 3.63) is 0 Å². The van der Waals surface area contributed by atoms with Crippen LogP contribution in [0, 0.1) is 11.8 Å². The van der Waals surface area contributed by atoms with Crippen LogP contribution in [-0.4, -0.2) is 36.5 Å². The molecule has 2 rings (SSSR count). The Hall–Kier alpha value is -0.570. The molecule has 1 N–H and O–H groups in total. The maximum Gasteiger partial charge on any atom is 0.225 e. The summed E-state index contributed by atoms with van der Waals surface area (Å²) in [6.07, 6.45) is 8.49. The third-order valence-corrected chi connectivity index (χ3v) is 5.04. The molecule has 0 spiro atoms. The molecule has 0 aromatic carbocycles. The van der Waals surface area contributed by atoms with Gasteiger partial charge in [-0.2, -0.15) is 0 Å². The van der Waals surface area contributed by atoms with Gasteiger partial charge in [-0.05, 0) is 51.1 Å². The molecule has 0 saturated carbocycles. The van der Waals surface area contributed by atoms with E-state index in [9.17, 15) is 4.79 Å². The molecule has 19 heavy (non-hydrogen) atoms. The van der Waals surface area contributed by atoms with Gasteiger partial charge in [-0.15, -0.1) is 0 Å². The first-order chi connectivity index (χ1) is 9.24. The summed E-state index contributed by atoms with van der Waals surface area (Å²) in [6.45, 7) is 7.48. The quantitative estimate of drug-likeness (QED) is 0.852. The molecule has 0 aromatic rings. The van der Waals surface area contributed by atoms with Crippen LogP contribution in [0.5, 0.6) is 0 Å². The number of carbonyl (C=O) groups excluding carboxylic acids is 1. The fourth-order valence-corrected chi connectivity index (χ4v) is 3.58. The zero-order valence-corrected chi connectivity index (χ0v) is 12.7. The summed E-state index contributed by atoms with van der Waals surface area (Å²) in [6, 6.07) is 0.520. The lowest BCUT2D eigenvalue weighted by Gasteiger charge is -2.39. The molecule has 3 heteroatoms.